The van der Waals surface area contributed by atoms with Gasteiger partial charge in [0.25, 0.3) is 0 Å². The number of benzene rings is 2. The van der Waals surface area contributed by atoms with Gasteiger partial charge in [0, 0.05) is 23.8 Å². The molecule has 3 N–H and O–H groups in total. The number of nitrogens with one attached hydrogen (secondary N) is 3. The number of carbonyl (C=O) groups excluding carboxylic acids is 1. The Bertz CT molecular complexity index is 943. The van der Waals surface area contributed by atoms with Gasteiger partial charge >= 0.3 is 6.03 Å². The lowest BCUT2D eigenvalue weighted by molar-refractivity contribution is 0.258. The number of fused-ring (bicyclic) bond motifs is 1. The van der Waals surface area contributed by atoms with Gasteiger partial charge in [0.15, 0.2) is 0 Å². The highest BCUT2D eigenvalue weighted by molar-refractivity contribution is 7.07. The number of hydrogen-bond acceptors (Lipinski definition) is 6. The van der Waals surface area contributed by atoms with Crippen molar-refractivity contribution in [1.82, 2.24) is 4.98 Å². The van der Waals surface area contributed by atoms with Crippen molar-refractivity contribution < 1.29 is 9.53 Å². The van der Waals surface area contributed by atoms with E-state index in [9.17, 15) is 4.79 Å². The Balaban J connectivity index is 1.44. The third kappa shape index (κ3) is 3.52. The lowest BCUT2D eigenvalue weighted by Crippen LogP contribution is -2.31. The predicted octanol–water partition coefficient (Wildman–Crippen LogP) is 4.36. The highest BCUT2D eigenvalue weighted by atomic mass is 32.1. The summed E-state index contributed by atoms with van der Waals surface area (Å²) in [5.41, 5.74) is 6.15. The van der Waals surface area contributed by atoms with Crippen LogP contribution < -0.4 is 25.6 Å². The number of amides is 2. The SMILES string of the molecule is COc1ccc(N(C)C(=O)Nc2ccc3c(c2)NC(c2cscn2)N3)cc1. The van der Waals surface area contributed by atoms with Gasteiger partial charge < -0.3 is 20.7 Å². The fourth-order valence-electron chi connectivity index (χ4n) is 2.86. The minimum absolute atomic E-state index is 0.0563. The Morgan fingerprint density at radius 3 is 2.67 bits per heavy atom. The number of carbonyl (C=O) groups is 1. The molecule has 0 saturated heterocycles. The molecule has 1 aromatic heterocycles. The molecule has 27 heavy (non-hydrogen) atoms. The zero-order valence-corrected chi connectivity index (χ0v) is 15.7. The molecule has 1 unspecified atom stereocenters. The van der Waals surface area contributed by atoms with Crippen LogP contribution in [0.1, 0.15) is 11.9 Å². The number of urea groups is 1. The van der Waals surface area contributed by atoms with E-state index in [1.54, 1.807) is 30.4 Å². The number of rotatable bonds is 4. The van der Waals surface area contributed by atoms with E-state index in [-0.39, 0.29) is 12.2 Å². The molecule has 1 aliphatic rings. The lowest BCUT2D eigenvalue weighted by atomic mass is 10.2. The van der Waals surface area contributed by atoms with E-state index < -0.39 is 0 Å². The average Bonchev–Trinajstić information content (AvgIpc) is 3.36. The van der Waals surface area contributed by atoms with Crippen LogP contribution in [0.15, 0.2) is 53.4 Å². The standard InChI is InChI=1S/C19H19N5O2S/c1-24(13-4-6-14(26-2)7-5-13)19(25)21-12-3-8-15-16(9-12)23-18(22-15)17-10-27-11-20-17/h3-11,18,22-23H,1-2H3,(H,21,25). The van der Waals surface area contributed by atoms with Gasteiger partial charge in [0.2, 0.25) is 0 Å². The van der Waals surface area contributed by atoms with Gasteiger partial charge in [-0.3, -0.25) is 4.90 Å². The van der Waals surface area contributed by atoms with E-state index in [4.69, 9.17) is 4.74 Å². The maximum atomic E-state index is 12.6. The van der Waals surface area contributed by atoms with E-state index in [1.165, 1.54) is 0 Å². The fourth-order valence-corrected chi connectivity index (χ4v) is 3.44. The van der Waals surface area contributed by atoms with E-state index in [0.717, 1.165) is 28.5 Å². The van der Waals surface area contributed by atoms with Crippen LogP contribution in [-0.2, 0) is 0 Å². The Morgan fingerprint density at radius 1 is 1.19 bits per heavy atom. The van der Waals surface area contributed by atoms with Gasteiger partial charge in [-0.25, -0.2) is 9.78 Å². The van der Waals surface area contributed by atoms with Gasteiger partial charge in [-0.2, -0.15) is 0 Å². The van der Waals surface area contributed by atoms with Crippen molar-refractivity contribution >= 4 is 40.1 Å². The number of aromatic nitrogens is 1. The first-order chi connectivity index (χ1) is 13.1. The van der Waals surface area contributed by atoms with Crippen LogP contribution in [0, 0.1) is 0 Å². The van der Waals surface area contributed by atoms with E-state index in [1.807, 2.05) is 53.4 Å². The molecular formula is C19H19N5O2S. The highest BCUT2D eigenvalue weighted by Gasteiger charge is 2.23. The second-order valence-corrected chi connectivity index (χ2v) is 6.80. The summed E-state index contributed by atoms with van der Waals surface area (Å²) in [5, 5.41) is 11.7. The van der Waals surface area contributed by atoms with Crippen LogP contribution in [-0.4, -0.2) is 25.2 Å². The van der Waals surface area contributed by atoms with E-state index in [2.05, 4.69) is 20.9 Å². The van der Waals surface area contributed by atoms with E-state index >= 15 is 0 Å². The maximum Gasteiger partial charge on any atom is 0.326 e. The number of nitrogens with zero attached hydrogens (tertiary/aromatic N) is 2. The highest BCUT2D eigenvalue weighted by Crippen LogP contribution is 2.36. The molecule has 0 radical (unpaired) electrons. The first-order valence-electron chi connectivity index (χ1n) is 8.38. The summed E-state index contributed by atoms with van der Waals surface area (Å²) in [5.74, 6) is 0.749. The topological polar surface area (TPSA) is 78.5 Å². The molecule has 4 rings (SSSR count). The van der Waals surface area contributed by atoms with Crippen molar-refractivity contribution in [2.75, 3.05) is 35.0 Å². The third-order valence-corrected chi connectivity index (χ3v) is 4.99. The molecule has 7 nitrogen and oxygen atoms in total. The Labute approximate surface area is 161 Å². The van der Waals surface area contributed by atoms with Crippen molar-refractivity contribution in [2.45, 2.75) is 6.17 Å². The minimum Gasteiger partial charge on any atom is -0.497 e. The van der Waals surface area contributed by atoms with Crippen LogP contribution >= 0.6 is 11.3 Å². The molecule has 2 heterocycles. The van der Waals surface area contributed by atoms with Crippen molar-refractivity contribution in [3.63, 3.8) is 0 Å². The molecule has 1 atom stereocenters. The smallest absolute Gasteiger partial charge is 0.326 e. The van der Waals surface area contributed by atoms with Crippen molar-refractivity contribution in [3.8, 4) is 5.75 Å². The quantitative estimate of drug-likeness (QED) is 0.626. The van der Waals surface area contributed by atoms with Crippen molar-refractivity contribution in [3.05, 3.63) is 59.0 Å². The predicted molar refractivity (Wildman–Crippen MR) is 109 cm³/mol. The summed E-state index contributed by atoms with van der Waals surface area (Å²) in [6.07, 6.45) is -0.0563. The summed E-state index contributed by atoms with van der Waals surface area (Å²) in [4.78, 5) is 18.4. The lowest BCUT2D eigenvalue weighted by Gasteiger charge is -2.18. The molecule has 0 fully saturated rings. The Kier molecular flexibility index (Phi) is 4.55. The second-order valence-electron chi connectivity index (χ2n) is 6.08. The molecule has 138 valence electrons. The fraction of sp³-hybridized carbons (Fsp3) is 0.158. The number of anilines is 4. The van der Waals surface area contributed by atoms with Gasteiger partial charge in [0.1, 0.15) is 11.9 Å². The molecule has 0 aliphatic carbocycles. The first-order valence-corrected chi connectivity index (χ1v) is 9.32. The molecule has 8 heteroatoms. The number of thiazole rings is 1. The van der Waals surface area contributed by atoms with Crippen LogP contribution in [0.3, 0.4) is 0 Å². The maximum absolute atomic E-state index is 12.6. The number of hydrogen-bond donors (Lipinski definition) is 3. The van der Waals surface area contributed by atoms with Crippen LogP contribution in [0.2, 0.25) is 0 Å². The summed E-state index contributed by atoms with van der Waals surface area (Å²) in [6.45, 7) is 0. The van der Waals surface area contributed by atoms with Crippen LogP contribution in [0.4, 0.5) is 27.5 Å². The number of methoxy groups -OCH3 is 1. The normalized spacial score (nSPS) is 14.7. The van der Waals surface area contributed by atoms with E-state index in [0.29, 0.717) is 5.69 Å². The van der Waals surface area contributed by atoms with Gasteiger partial charge in [-0.1, -0.05) is 0 Å². The zero-order chi connectivity index (χ0) is 18.8. The Morgan fingerprint density at radius 2 is 1.96 bits per heavy atom. The summed E-state index contributed by atoms with van der Waals surface area (Å²) in [7, 11) is 3.34. The summed E-state index contributed by atoms with van der Waals surface area (Å²) >= 11 is 1.56. The van der Waals surface area contributed by atoms with Crippen LogP contribution in [0.25, 0.3) is 0 Å². The first kappa shape index (κ1) is 17.2. The zero-order valence-electron chi connectivity index (χ0n) is 14.9. The molecule has 2 amide bonds. The second kappa shape index (κ2) is 7.16. The molecule has 1 aliphatic heterocycles. The van der Waals surface area contributed by atoms with Gasteiger partial charge in [0.05, 0.1) is 29.7 Å². The van der Waals surface area contributed by atoms with Gasteiger partial charge in [-0.05, 0) is 42.5 Å². The number of ether oxygens (including phenoxy) is 1. The van der Waals surface area contributed by atoms with Crippen molar-refractivity contribution in [1.29, 1.82) is 0 Å². The minimum atomic E-state index is -0.220. The summed E-state index contributed by atoms with van der Waals surface area (Å²) in [6, 6.07) is 12.8. The molecule has 0 saturated carbocycles. The van der Waals surface area contributed by atoms with Crippen LogP contribution in [0.5, 0.6) is 5.75 Å². The molecule has 0 spiro atoms. The largest absolute Gasteiger partial charge is 0.497 e. The van der Waals surface area contributed by atoms with Gasteiger partial charge in [-0.15, -0.1) is 11.3 Å². The molecule has 2 aromatic carbocycles. The molecule has 0 bridgehead atoms. The monoisotopic (exact) mass is 381 g/mol. The molecule has 3 aromatic rings. The average molecular weight is 381 g/mol. The summed E-state index contributed by atoms with van der Waals surface area (Å²) < 4.78 is 5.15. The third-order valence-electron chi connectivity index (χ3n) is 4.38. The molecular weight excluding hydrogens is 362 g/mol. The Hall–Kier alpha value is -3.26. The van der Waals surface area contributed by atoms with Crippen molar-refractivity contribution in [2.24, 2.45) is 0 Å².